The van der Waals surface area contributed by atoms with Gasteiger partial charge in [-0.1, -0.05) is 33.6 Å². The zero-order valence-electron chi connectivity index (χ0n) is 12.5. The molecule has 0 radical (unpaired) electrons. The van der Waals surface area contributed by atoms with Gasteiger partial charge in [0, 0.05) is 12.8 Å². The highest BCUT2D eigenvalue weighted by Crippen LogP contribution is 2.26. The van der Waals surface area contributed by atoms with E-state index in [1.165, 1.54) is 12.8 Å². The molecular weight excluding hydrogens is 244 g/mol. The number of esters is 1. The lowest BCUT2D eigenvalue weighted by molar-refractivity contribution is -0.151. The minimum atomic E-state index is -0.862. The molecule has 0 aliphatic heterocycles. The topological polar surface area (TPSA) is 63.6 Å². The lowest BCUT2D eigenvalue weighted by Crippen LogP contribution is -2.24. The molecule has 1 aliphatic carbocycles. The molecule has 0 aromatic carbocycles. The number of carbonyl (C=O) groups is 2. The van der Waals surface area contributed by atoms with Crippen LogP contribution in [0.4, 0.5) is 0 Å². The van der Waals surface area contributed by atoms with Crippen molar-refractivity contribution < 1.29 is 19.4 Å². The molecule has 1 fully saturated rings. The maximum Gasteiger partial charge on any atom is 0.306 e. The minimum Gasteiger partial charge on any atom is -0.481 e. The first-order valence-electron chi connectivity index (χ1n) is 7.40. The molecule has 1 aliphatic rings. The van der Waals surface area contributed by atoms with Crippen molar-refractivity contribution in [3.8, 4) is 0 Å². The van der Waals surface area contributed by atoms with Crippen molar-refractivity contribution in [2.45, 2.75) is 78.2 Å². The maximum absolute atomic E-state index is 11.4. The summed E-state index contributed by atoms with van der Waals surface area (Å²) < 4.78 is 5.31. The number of hydrogen-bond donors (Lipinski definition) is 1. The monoisotopic (exact) mass is 272 g/mol. The average Bonchev–Trinajstić information content (AvgIpc) is 2.29. The second-order valence-electron chi connectivity index (χ2n) is 5.34. The lowest BCUT2D eigenvalue weighted by Gasteiger charge is -2.26. The molecule has 1 rings (SSSR count). The van der Waals surface area contributed by atoms with Crippen LogP contribution in [0.3, 0.4) is 0 Å². The van der Waals surface area contributed by atoms with Gasteiger partial charge in [0.05, 0.1) is 0 Å². The second kappa shape index (κ2) is 10.8. The highest BCUT2D eigenvalue weighted by molar-refractivity contribution is 5.71. The fraction of sp³-hybridized carbons (Fsp3) is 0.867. The van der Waals surface area contributed by atoms with Crippen LogP contribution in [0, 0.1) is 5.92 Å². The molecule has 0 heterocycles. The predicted octanol–water partition coefficient (Wildman–Crippen LogP) is 3.78. The Morgan fingerprint density at radius 1 is 1.21 bits per heavy atom. The van der Waals surface area contributed by atoms with Gasteiger partial charge in [-0.15, -0.1) is 0 Å². The van der Waals surface area contributed by atoms with E-state index in [1.54, 1.807) is 0 Å². The van der Waals surface area contributed by atoms with Gasteiger partial charge in [0.1, 0.15) is 6.10 Å². The smallest absolute Gasteiger partial charge is 0.306 e. The van der Waals surface area contributed by atoms with Gasteiger partial charge in [0.2, 0.25) is 0 Å². The second-order valence-corrected chi connectivity index (χ2v) is 5.34. The highest BCUT2D eigenvalue weighted by atomic mass is 16.5. The van der Waals surface area contributed by atoms with Crippen LogP contribution in [0.2, 0.25) is 0 Å². The Balaban J connectivity index is 0.000000982. The zero-order chi connectivity index (χ0) is 14.7. The molecule has 0 unspecified atom stereocenters. The van der Waals surface area contributed by atoms with Crippen molar-refractivity contribution in [2.24, 2.45) is 5.92 Å². The number of carbonyl (C=O) groups excluding carboxylic acids is 1. The summed E-state index contributed by atoms with van der Waals surface area (Å²) in [6, 6.07) is 0. The summed E-state index contributed by atoms with van der Waals surface area (Å²) in [7, 11) is 0. The molecule has 4 heteroatoms. The Morgan fingerprint density at radius 2 is 1.84 bits per heavy atom. The summed E-state index contributed by atoms with van der Waals surface area (Å²) in [6.07, 6.45) is 6.17. The molecule has 0 spiro atoms. The van der Waals surface area contributed by atoms with E-state index in [9.17, 15) is 9.59 Å². The number of rotatable bonds is 5. The summed E-state index contributed by atoms with van der Waals surface area (Å²) in [6.45, 7) is 6.42. The van der Waals surface area contributed by atoms with Crippen LogP contribution >= 0.6 is 0 Å². The van der Waals surface area contributed by atoms with Crippen LogP contribution in [0.25, 0.3) is 0 Å². The van der Waals surface area contributed by atoms with Crippen LogP contribution in [0.1, 0.15) is 72.1 Å². The molecule has 19 heavy (non-hydrogen) atoms. The summed E-state index contributed by atoms with van der Waals surface area (Å²) in [4.78, 5) is 21.6. The summed E-state index contributed by atoms with van der Waals surface area (Å²) in [5.41, 5.74) is 0. The number of carboxylic acid groups (broad SMARTS) is 1. The van der Waals surface area contributed by atoms with E-state index in [2.05, 4.69) is 20.8 Å². The van der Waals surface area contributed by atoms with Crippen LogP contribution in [-0.2, 0) is 14.3 Å². The highest BCUT2D eigenvalue weighted by Gasteiger charge is 2.21. The predicted molar refractivity (Wildman–Crippen MR) is 75.0 cm³/mol. The van der Waals surface area contributed by atoms with Gasteiger partial charge in [-0.05, 0) is 31.6 Å². The van der Waals surface area contributed by atoms with Crippen LogP contribution < -0.4 is 0 Å². The summed E-state index contributed by atoms with van der Waals surface area (Å²) in [5, 5.41) is 8.43. The maximum atomic E-state index is 11.4. The molecular formula is C15H28O4. The van der Waals surface area contributed by atoms with Crippen LogP contribution in [0.5, 0.6) is 0 Å². The van der Waals surface area contributed by atoms with Crippen molar-refractivity contribution in [1.29, 1.82) is 0 Å². The van der Waals surface area contributed by atoms with Crippen molar-refractivity contribution in [3.05, 3.63) is 0 Å². The first-order chi connectivity index (χ1) is 8.99. The third-order valence-corrected chi connectivity index (χ3v) is 2.96. The fourth-order valence-electron chi connectivity index (χ4n) is 2.11. The Labute approximate surface area is 116 Å². The molecule has 1 saturated carbocycles. The molecule has 0 aromatic rings. The van der Waals surface area contributed by atoms with Gasteiger partial charge in [-0.3, -0.25) is 9.59 Å². The SMILES string of the molecule is CCC.C[C@@H]1CCC[C@H](OC(=O)CCCC(=O)O)C1. The Kier molecular flexibility index (Phi) is 10.2. The lowest BCUT2D eigenvalue weighted by atomic mass is 9.89. The van der Waals surface area contributed by atoms with Crippen molar-refractivity contribution in [1.82, 2.24) is 0 Å². The summed E-state index contributed by atoms with van der Waals surface area (Å²) >= 11 is 0. The van der Waals surface area contributed by atoms with Crippen LogP contribution in [0.15, 0.2) is 0 Å². The summed E-state index contributed by atoms with van der Waals surface area (Å²) in [5.74, 6) is -0.481. The van der Waals surface area contributed by atoms with E-state index in [0.29, 0.717) is 12.3 Å². The normalized spacial score (nSPS) is 22.1. The number of hydrogen-bond acceptors (Lipinski definition) is 3. The van der Waals surface area contributed by atoms with Gasteiger partial charge in [0.15, 0.2) is 0 Å². The van der Waals surface area contributed by atoms with E-state index in [4.69, 9.17) is 9.84 Å². The van der Waals surface area contributed by atoms with Crippen LogP contribution in [-0.4, -0.2) is 23.1 Å². The third-order valence-electron chi connectivity index (χ3n) is 2.96. The van der Waals surface area contributed by atoms with E-state index in [0.717, 1.165) is 19.3 Å². The average molecular weight is 272 g/mol. The zero-order valence-corrected chi connectivity index (χ0v) is 12.5. The third kappa shape index (κ3) is 10.5. The Morgan fingerprint density at radius 3 is 2.37 bits per heavy atom. The fourth-order valence-corrected chi connectivity index (χ4v) is 2.11. The Bertz CT molecular complexity index is 263. The number of ether oxygens (including phenoxy) is 1. The quantitative estimate of drug-likeness (QED) is 0.774. The van der Waals surface area contributed by atoms with Gasteiger partial charge < -0.3 is 9.84 Å². The van der Waals surface area contributed by atoms with Gasteiger partial charge in [0.25, 0.3) is 0 Å². The largest absolute Gasteiger partial charge is 0.481 e. The van der Waals surface area contributed by atoms with E-state index in [-0.39, 0.29) is 24.9 Å². The van der Waals surface area contributed by atoms with Crippen molar-refractivity contribution >= 4 is 11.9 Å². The van der Waals surface area contributed by atoms with Crippen molar-refractivity contribution in [3.63, 3.8) is 0 Å². The molecule has 0 bridgehead atoms. The molecule has 4 nitrogen and oxygen atoms in total. The molecule has 0 aromatic heterocycles. The van der Waals surface area contributed by atoms with E-state index >= 15 is 0 Å². The molecule has 0 amide bonds. The van der Waals surface area contributed by atoms with Gasteiger partial charge in [-0.25, -0.2) is 0 Å². The molecule has 0 saturated heterocycles. The number of aliphatic carboxylic acids is 1. The molecule has 2 atom stereocenters. The van der Waals surface area contributed by atoms with Gasteiger partial charge in [-0.2, -0.15) is 0 Å². The van der Waals surface area contributed by atoms with E-state index in [1.807, 2.05) is 0 Å². The minimum absolute atomic E-state index is 0.0379. The first-order valence-corrected chi connectivity index (χ1v) is 7.40. The molecule has 1 N–H and O–H groups in total. The standard InChI is InChI=1S/C12H20O4.C3H8/c1-9-4-2-5-10(8-9)16-12(15)7-3-6-11(13)14;1-3-2/h9-10H,2-8H2,1H3,(H,13,14);3H2,1-2H3/t9-,10+;/m1./s1. The number of carboxylic acids is 1. The Hall–Kier alpha value is -1.06. The molecule has 112 valence electrons. The van der Waals surface area contributed by atoms with E-state index < -0.39 is 5.97 Å². The van der Waals surface area contributed by atoms with Crippen molar-refractivity contribution in [2.75, 3.05) is 0 Å². The first kappa shape index (κ1) is 17.9. The van der Waals surface area contributed by atoms with Gasteiger partial charge >= 0.3 is 11.9 Å².